The molecule has 13 aromatic carbocycles. The molecule has 0 bridgehead atoms. The van der Waals surface area contributed by atoms with E-state index < -0.39 is 0 Å². The first-order valence-electron chi connectivity index (χ1n) is 36.0. The van der Waals surface area contributed by atoms with Crippen LogP contribution in [0, 0.1) is 83.1 Å². The first kappa shape index (κ1) is 81.4. The Morgan fingerprint density at radius 1 is 0.291 bits per heavy atom. The highest BCUT2D eigenvalue weighted by atomic mass is 16.5. The molecule has 0 aliphatic heterocycles. The van der Waals surface area contributed by atoms with Crippen molar-refractivity contribution in [3.05, 3.63) is 393 Å². The molecule has 1 N–H and O–H groups in total. The number of aryl methyl sites for hydroxylation is 11. The molecule has 3 nitrogen and oxygen atoms in total. The zero-order valence-electron chi connectivity index (χ0n) is 65.0. The normalized spacial score (nSPS) is 10.3. The summed E-state index contributed by atoms with van der Waals surface area (Å²) in [5.41, 5.74) is 33.1. The maximum Gasteiger partial charge on any atom is 0.119 e. The molecule has 0 amide bonds. The van der Waals surface area contributed by atoms with Gasteiger partial charge in [0.2, 0.25) is 0 Å². The second-order valence-corrected chi connectivity index (χ2v) is 27.8. The number of hydrogen-bond donors (Lipinski definition) is 1. The maximum atomic E-state index is 8.72. The first-order valence-corrected chi connectivity index (χ1v) is 36.0. The van der Waals surface area contributed by atoms with Gasteiger partial charge >= 0.3 is 0 Å². The van der Waals surface area contributed by atoms with Crippen LogP contribution >= 0.6 is 0 Å². The third-order valence-corrected chi connectivity index (χ3v) is 18.0. The van der Waals surface area contributed by atoms with Gasteiger partial charge in [0.25, 0.3) is 0 Å². The van der Waals surface area contributed by atoms with Gasteiger partial charge in [-0.2, -0.15) is 0 Å². The molecule has 103 heavy (non-hydrogen) atoms. The van der Waals surface area contributed by atoms with Crippen molar-refractivity contribution in [2.75, 3.05) is 14.2 Å². The highest BCUT2D eigenvalue weighted by Crippen LogP contribution is 2.33. The van der Waals surface area contributed by atoms with E-state index in [1.807, 2.05) is 98.8 Å². The molecule has 0 fully saturated rings. The quantitative estimate of drug-likeness (QED) is 0.157. The van der Waals surface area contributed by atoms with Crippen molar-refractivity contribution in [2.45, 2.75) is 136 Å². The van der Waals surface area contributed by atoms with Gasteiger partial charge in [-0.15, -0.1) is 0 Å². The molecule has 0 saturated heterocycles. The number of benzene rings is 13. The molecule has 0 aliphatic rings. The molecule has 530 valence electrons. The van der Waals surface area contributed by atoms with Gasteiger partial charge < -0.3 is 14.6 Å². The Morgan fingerprint density at radius 2 is 0.728 bits per heavy atom. The molecule has 3 heteroatoms. The third-order valence-electron chi connectivity index (χ3n) is 18.0. The molecule has 0 heterocycles. The number of rotatable bonds is 9. The predicted octanol–water partition coefficient (Wildman–Crippen LogP) is 27.5. The Labute approximate surface area is 620 Å². The molecule has 0 saturated carbocycles. The Morgan fingerprint density at radius 3 is 1.17 bits per heavy atom. The molecule has 0 atom stereocenters. The van der Waals surface area contributed by atoms with Gasteiger partial charge in [0, 0.05) is 0 Å². The summed E-state index contributed by atoms with van der Waals surface area (Å²) in [5, 5.41) is 8.72. The van der Waals surface area contributed by atoms with Crippen molar-refractivity contribution >= 4 is 0 Å². The van der Waals surface area contributed by atoms with E-state index in [4.69, 9.17) is 14.6 Å². The van der Waals surface area contributed by atoms with Crippen molar-refractivity contribution in [3.63, 3.8) is 0 Å². The molecule has 0 aromatic heterocycles. The molecule has 0 spiro atoms. The van der Waals surface area contributed by atoms with Crippen LogP contribution in [0.15, 0.2) is 309 Å². The Hall–Kier alpha value is -10.6. The average molecular weight is 1360 g/mol. The minimum absolute atomic E-state index is 0.146. The number of ether oxygens (including phenoxy) is 2. The maximum absolute atomic E-state index is 8.72. The molecular formula is C100H112O3. The summed E-state index contributed by atoms with van der Waals surface area (Å²) in [6.07, 6.45) is 0. The molecular weight excluding hydrogens is 1250 g/mol. The van der Waals surface area contributed by atoms with E-state index in [2.05, 4.69) is 328 Å². The number of methoxy groups -OCH3 is 2. The third kappa shape index (κ3) is 26.7. The van der Waals surface area contributed by atoms with Gasteiger partial charge in [-0.1, -0.05) is 336 Å². The Balaban J connectivity index is 0.000000187. The van der Waals surface area contributed by atoms with Gasteiger partial charge in [-0.05, 0) is 241 Å². The van der Waals surface area contributed by atoms with Gasteiger partial charge in [-0.25, -0.2) is 0 Å². The van der Waals surface area contributed by atoms with Crippen LogP contribution in [0.3, 0.4) is 0 Å². The van der Waals surface area contributed by atoms with E-state index in [-0.39, 0.29) is 12.0 Å². The van der Waals surface area contributed by atoms with Crippen molar-refractivity contribution < 1.29 is 14.6 Å². The summed E-state index contributed by atoms with van der Waals surface area (Å²) in [6, 6.07) is 107. The molecule has 0 radical (unpaired) electrons. The van der Waals surface area contributed by atoms with Gasteiger partial charge in [0.05, 0.1) is 20.8 Å². The largest absolute Gasteiger partial charge is 0.497 e. The van der Waals surface area contributed by atoms with Crippen molar-refractivity contribution in [2.24, 2.45) is 0 Å². The lowest BCUT2D eigenvalue weighted by Crippen LogP contribution is -2.13. The Kier molecular flexibility index (Phi) is 33.2. The minimum atomic E-state index is 0.146. The lowest BCUT2D eigenvalue weighted by atomic mass is 9.82. The smallest absolute Gasteiger partial charge is 0.119 e. The summed E-state index contributed by atoms with van der Waals surface area (Å²) < 4.78 is 9.96. The summed E-state index contributed by atoms with van der Waals surface area (Å²) in [7, 11) is 3.35. The fourth-order valence-electron chi connectivity index (χ4n) is 12.2. The molecule has 0 aliphatic carbocycles. The predicted molar refractivity (Wildman–Crippen MR) is 447 cm³/mol. The van der Waals surface area contributed by atoms with Crippen molar-refractivity contribution in [1.29, 1.82) is 0 Å². The number of aliphatic hydroxyl groups is 1. The molecule has 13 rings (SSSR count). The zero-order chi connectivity index (χ0) is 74.8. The van der Waals surface area contributed by atoms with E-state index in [9.17, 15) is 0 Å². The van der Waals surface area contributed by atoms with Gasteiger partial charge in [-0.3, -0.25) is 0 Å². The van der Waals surface area contributed by atoms with Crippen LogP contribution < -0.4 is 9.47 Å². The topological polar surface area (TPSA) is 38.7 Å². The summed E-state index contributed by atoms with van der Waals surface area (Å²) in [4.78, 5) is 0. The lowest BCUT2D eigenvalue weighted by molar-refractivity contribution is 0.281. The van der Waals surface area contributed by atoms with Crippen LogP contribution in [0.4, 0.5) is 0 Å². The highest BCUT2D eigenvalue weighted by molar-refractivity contribution is 5.72. The van der Waals surface area contributed by atoms with E-state index in [0.717, 1.165) is 22.6 Å². The van der Waals surface area contributed by atoms with Crippen molar-refractivity contribution in [1.82, 2.24) is 0 Å². The van der Waals surface area contributed by atoms with Crippen LogP contribution in [0.1, 0.15) is 124 Å². The van der Waals surface area contributed by atoms with E-state index in [0.29, 0.717) is 5.92 Å². The fourth-order valence-corrected chi connectivity index (χ4v) is 12.2. The highest BCUT2D eigenvalue weighted by Gasteiger charge is 2.17. The lowest BCUT2D eigenvalue weighted by Gasteiger charge is -2.22. The second-order valence-electron chi connectivity index (χ2n) is 27.8. The van der Waals surface area contributed by atoms with E-state index in [1.54, 1.807) is 14.2 Å². The Bertz CT molecular complexity index is 4580. The summed E-state index contributed by atoms with van der Waals surface area (Å²) >= 11 is 0. The van der Waals surface area contributed by atoms with Crippen LogP contribution in [-0.4, -0.2) is 19.3 Å². The van der Waals surface area contributed by atoms with Gasteiger partial charge in [0.1, 0.15) is 11.5 Å². The second kappa shape index (κ2) is 42.0. The summed E-state index contributed by atoms with van der Waals surface area (Å²) in [6.45, 7) is 37.0. The number of hydrogen-bond acceptors (Lipinski definition) is 3. The SMILES string of the molecule is COc1ccc(C)cc1.COc1cccc(C)c1.Cc1c(-c2ccccc2)cccc1C(C)C.Cc1cc(C)c(-c2ccccc2)c(C)c1.Cc1ccc(-c2ccccc2)c(C)c1.Cc1ccc(-c2ccccc2)cc1C.Cc1ccc(-c2ccccc2)cc1C(C)(C)C.Cc1ccccc1CO. The number of aliphatic hydroxyl groups excluding tert-OH is 1. The molecule has 0 unspecified atom stereocenters. The van der Waals surface area contributed by atoms with Gasteiger partial charge in [0.15, 0.2) is 0 Å². The monoisotopic (exact) mass is 1360 g/mol. The van der Waals surface area contributed by atoms with Crippen molar-refractivity contribution in [3.8, 4) is 67.1 Å². The average Bonchev–Trinajstić information content (AvgIpc) is 0.827. The minimum Gasteiger partial charge on any atom is -0.497 e. The van der Waals surface area contributed by atoms with Crippen LogP contribution in [0.25, 0.3) is 55.6 Å². The van der Waals surface area contributed by atoms with E-state index >= 15 is 0 Å². The standard InChI is InChI=1S/C17H20.C16H18.C15H16.2C14H14.3C8H10O/c1-13-10-11-15(12-16(13)17(2,3)4)14-8-6-5-7-9-14;1-12(2)15-10-7-11-16(13(15)3)14-8-5-4-6-9-14;1-11-9-12(2)15(13(3)10-11)14-7-5-4-6-8-14;1-11-8-9-14(10-12(11)2)13-6-4-3-5-7-13;1-11-8-9-14(12(2)10-11)13-6-4-3-5-7-13;1-7-3-5-8(9-2)6-4-7;1-7-4-3-5-8(6-7)9-2;1-7-4-2-3-5-8(7)6-9/h5-12H,1-4H3;4-12H,1-3H3;4-10H,1-3H3;2*3-10H,1-2H3;2*3-6H,1-2H3;2-5,9H,6H2,1H3. The first-order chi connectivity index (χ1) is 49.4. The molecule has 13 aromatic rings. The van der Waals surface area contributed by atoms with Crippen LogP contribution in [0.5, 0.6) is 11.5 Å². The van der Waals surface area contributed by atoms with Crippen LogP contribution in [-0.2, 0) is 12.0 Å². The summed E-state index contributed by atoms with van der Waals surface area (Å²) in [5.74, 6) is 2.43. The van der Waals surface area contributed by atoms with E-state index in [1.165, 1.54) is 128 Å². The van der Waals surface area contributed by atoms with Crippen LogP contribution in [0.2, 0.25) is 0 Å². The fraction of sp³-hybridized carbons (Fsp3) is 0.220. The zero-order valence-corrected chi connectivity index (χ0v) is 65.0.